The first-order chi connectivity index (χ1) is 9.58. The molecule has 5 nitrogen and oxygen atoms in total. The summed E-state index contributed by atoms with van der Waals surface area (Å²) in [6.45, 7) is 3.25. The molecule has 5 heteroatoms. The zero-order chi connectivity index (χ0) is 14.5. The molecule has 2 atom stereocenters. The quantitative estimate of drug-likeness (QED) is 0.853. The van der Waals surface area contributed by atoms with E-state index in [0.29, 0.717) is 11.6 Å². The van der Waals surface area contributed by atoms with Gasteiger partial charge in [-0.25, -0.2) is 4.79 Å². The summed E-state index contributed by atoms with van der Waals surface area (Å²) in [4.78, 5) is 25.4. The van der Waals surface area contributed by atoms with E-state index in [9.17, 15) is 14.7 Å². The number of rotatable bonds is 5. The van der Waals surface area contributed by atoms with E-state index < -0.39 is 12.0 Å². The topological polar surface area (TPSA) is 69.6 Å². The van der Waals surface area contributed by atoms with Gasteiger partial charge in [0.2, 0.25) is 5.91 Å². The first-order valence-corrected chi connectivity index (χ1v) is 6.89. The van der Waals surface area contributed by atoms with Crippen LogP contribution in [0.15, 0.2) is 30.3 Å². The van der Waals surface area contributed by atoms with Gasteiger partial charge in [0.25, 0.3) is 0 Å². The van der Waals surface area contributed by atoms with Crippen LogP contribution in [0, 0.1) is 0 Å². The number of amides is 1. The molecule has 1 heterocycles. The number of hydrogen-bond acceptors (Lipinski definition) is 3. The Kier molecular flexibility index (Phi) is 4.74. The average Bonchev–Trinajstić information content (AvgIpc) is 2.82. The van der Waals surface area contributed by atoms with Crippen LogP contribution < -0.4 is 5.32 Å². The number of benzene rings is 1. The van der Waals surface area contributed by atoms with Crippen molar-refractivity contribution in [2.24, 2.45) is 0 Å². The van der Waals surface area contributed by atoms with Crippen molar-refractivity contribution in [3.63, 3.8) is 0 Å². The molecular weight excluding hydrogens is 256 g/mol. The average molecular weight is 276 g/mol. The van der Waals surface area contributed by atoms with Crippen LogP contribution in [0.5, 0.6) is 0 Å². The molecule has 108 valence electrons. The summed E-state index contributed by atoms with van der Waals surface area (Å²) < 4.78 is 0. The lowest BCUT2D eigenvalue weighted by Gasteiger charge is -2.22. The van der Waals surface area contributed by atoms with Crippen molar-refractivity contribution in [3.8, 4) is 0 Å². The number of likely N-dealkylation sites (tertiary alicyclic amines) is 1. The van der Waals surface area contributed by atoms with Gasteiger partial charge >= 0.3 is 5.97 Å². The van der Waals surface area contributed by atoms with E-state index in [1.165, 1.54) is 0 Å². The third-order valence-corrected chi connectivity index (χ3v) is 3.72. The Labute approximate surface area is 118 Å². The first-order valence-electron chi connectivity index (χ1n) is 6.89. The maximum absolute atomic E-state index is 12.0. The highest BCUT2D eigenvalue weighted by atomic mass is 16.4. The Balaban J connectivity index is 1.98. The number of carboxylic acids is 1. The maximum atomic E-state index is 12.0. The number of nitrogens with zero attached hydrogens (tertiary/aromatic N) is 1. The van der Waals surface area contributed by atoms with Crippen molar-refractivity contribution in [2.45, 2.75) is 31.8 Å². The molecule has 0 saturated carbocycles. The molecule has 0 radical (unpaired) electrons. The molecule has 0 aromatic heterocycles. The summed E-state index contributed by atoms with van der Waals surface area (Å²) >= 11 is 0. The Morgan fingerprint density at radius 1 is 1.40 bits per heavy atom. The highest BCUT2D eigenvalue weighted by Gasteiger charge is 2.26. The summed E-state index contributed by atoms with van der Waals surface area (Å²) in [6, 6.07) is 8.16. The molecule has 2 rings (SSSR count). The van der Waals surface area contributed by atoms with Crippen LogP contribution in [0.3, 0.4) is 0 Å². The van der Waals surface area contributed by atoms with Gasteiger partial charge in [-0.1, -0.05) is 30.3 Å². The van der Waals surface area contributed by atoms with Crippen molar-refractivity contribution < 1.29 is 14.7 Å². The smallest absolute Gasteiger partial charge is 0.330 e. The van der Waals surface area contributed by atoms with E-state index in [4.69, 9.17) is 0 Å². The lowest BCUT2D eigenvalue weighted by Crippen LogP contribution is -2.42. The number of carbonyl (C=O) groups excluding carboxylic acids is 1. The molecule has 0 spiro atoms. The molecule has 1 aliphatic rings. The minimum absolute atomic E-state index is 0.241. The van der Waals surface area contributed by atoms with Gasteiger partial charge in [0.05, 0.1) is 6.54 Å². The van der Waals surface area contributed by atoms with Gasteiger partial charge in [-0.05, 0) is 31.9 Å². The second kappa shape index (κ2) is 6.52. The van der Waals surface area contributed by atoms with Crippen LogP contribution in [-0.2, 0) is 9.59 Å². The zero-order valence-corrected chi connectivity index (χ0v) is 11.6. The fraction of sp³-hybridized carbons (Fsp3) is 0.467. The fourth-order valence-corrected chi connectivity index (χ4v) is 2.55. The van der Waals surface area contributed by atoms with Crippen molar-refractivity contribution in [3.05, 3.63) is 35.9 Å². The molecule has 0 aliphatic carbocycles. The van der Waals surface area contributed by atoms with Crippen LogP contribution in [0.2, 0.25) is 0 Å². The van der Waals surface area contributed by atoms with Crippen molar-refractivity contribution in [2.75, 3.05) is 13.1 Å². The first kappa shape index (κ1) is 14.5. The normalized spacial score (nSPS) is 20.6. The van der Waals surface area contributed by atoms with Crippen molar-refractivity contribution in [1.29, 1.82) is 0 Å². The molecule has 2 N–H and O–H groups in total. The number of hydrogen-bond donors (Lipinski definition) is 2. The molecule has 1 unspecified atom stereocenters. The molecule has 20 heavy (non-hydrogen) atoms. The van der Waals surface area contributed by atoms with E-state index in [-0.39, 0.29) is 12.5 Å². The van der Waals surface area contributed by atoms with E-state index in [1.807, 2.05) is 6.07 Å². The Morgan fingerprint density at radius 2 is 2.10 bits per heavy atom. The summed E-state index contributed by atoms with van der Waals surface area (Å²) in [5.74, 6) is -1.28. The van der Waals surface area contributed by atoms with Gasteiger partial charge in [0, 0.05) is 6.04 Å². The predicted molar refractivity (Wildman–Crippen MR) is 75.2 cm³/mol. The van der Waals surface area contributed by atoms with E-state index in [0.717, 1.165) is 19.4 Å². The second-order valence-corrected chi connectivity index (χ2v) is 5.21. The lowest BCUT2D eigenvalue weighted by atomic mass is 10.1. The van der Waals surface area contributed by atoms with Gasteiger partial charge < -0.3 is 10.4 Å². The van der Waals surface area contributed by atoms with Crippen LogP contribution in [-0.4, -0.2) is 41.0 Å². The largest absolute Gasteiger partial charge is 0.479 e. The minimum Gasteiger partial charge on any atom is -0.479 e. The number of carbonyl (C=O) groups is 2. The molecule has 1 aromatic rings. The highest BCUT2D eigenvalue weighted by molar-refractivity contribution is 5.85. The molecule has 1 aromatic carbocycles. The third kappa shape index (κ3) is 3.57. The molecule has 1 aliphatic heterocycles. The van der Waals surface area contributed by atoms with Crippen LogP contribution in [0.1, 0.15) is 31.4 Å². The van der Waals surface area contributed by atoms with Crippen LogP contribution in [0.25, 0.3) is 0 Å². The molecule has 1 amide bonds. The molecule has 1 fully saturated rings. The van der Waals surface area contributed by atoms with E-state index >= 15 is 0 Å². The number of nitrogens with one attached hydrogen (secondary N) is 1. The maximum Gasteiger partial charge on any atom is 0.330 e. The minimum atomic E-state index is -1.04. The zero-order valence-electron chi connectivity index (χ0n) is 11.6. The highest BCUT2D eigenvalue weighted by Crippen LogP contribution is 2.16. The summed E-state index contributed by atoms with van der Waals surface area (Å²) in [7, 11) is 0. The standard InChI is InChI=1S/C15H20N2O3/c1-11-6-5-9-17(11)10-13(18)16-14(15(19)20)12-7-3-2-4-8-12/h2-4,7-8,11,14H,5-6,9-10H2,1H3,(H,16,18)(H,19,20)/t11?,14-/m0/s1. The van der Waals surface area contributed by atoms with E-state index in [2.05, 4.69) is 17.1 Å². The monoisotopic (exact) mass is 276 g/mol. The summed E-state index contributed by atoms with van der Waals surface area (Å²) in [6.07, 6.45) is 2.18. The van der Waals surface area contributed by atoms with Gasteiger partial charge in [0.1, 0.15) is 0 Å². The van der Waals surface area contributed by atoms with Crippen molar-refractivity contribution >= 4 is 11.9 Å². The summed E-state index contributed by atoms with van der Waals surface area (Å²) in [5.41, 5.74) is 0.586. The predicted octanol–water partition coefficient (Wildman–Crippen LogP) is 1.41. The molecule has 0 bridgehead atoms. The Bertz CT molecular complexity index is 475. The second-order valence-electron chi connectivity index (χ2n) is 5.21. The number of carboxylic acid groups (broad SMARTS) is 1. The van der Waals surface area contributed by atoms with Crippen LogP contribution in [0.4, 0.5) is 0 Å². The molecular formula is C15H20N2O3. The van der Waals surface area contributed by atoms with Gasteiger partial charge in [-0.15, -0.1) is 0 Å². The Hall–Kier alpha value is -1.88. The SMILES string of the molecule is CC1CCCN1CC(=O)N[C@H](C(=O)O)c1ccccc1. The van der Waals surface area contributed by atoms with Crippen molar-refractivity contribution in [1.82, 2.24) is 10.2 Å². The lowest BCUT2D eigenvalue weighted by molar-refractivity contribution is -0.142. The number of aliphatic carboxylic acids is 1. The Morgan fingerprint density at radius 3 is 2.65 bits per heavy atom. The van der Waals surface area contributed by atoms with Gasteiger partial charge in [-0.2, -0.15) is 0 Å². The van der Waals surface area contributed by atoms with Crippen LogP contribution >= 0.6 is 0 Å². The fourth-order valence-electron chi connectivity index (χ4n) is 2.55. The van der Waals surface area contributed by atoms with Gasteiger partial charge in [0.15, 0.2) is 6.04 Å². The van der Waals surface area contributed by atoms with E-state index in [1.54, 1.807) is 24.3 Å². The summed E-state index contributed by atoms with van der Waals surface area (Å²) in [5, 5.41) is 11.9. The molecule has 1 saturated heterocycles. The van der Waals surface area contributed by atoms with Gasteiger partial charge in [-0.3, -0.25) is 9.69 Å². The third-order valence-electron chi connectivity index (χ3n) is 3.72.